The summed E-state index contributed by atoms with van der Waals surface area (Å²) in [5.74, 6) is -0.488. The van der Waals surface area contributed by atoms with E-state index < -0.39 is 11.7 Å². The molecule has 1 aliphatic heterocycles. The standard InChI is InChI=1S/C13H15NO5/c1-18-9-2-3-10-11(8-9)14(13(17)12(10)16)4-6-19-7-5-15/h2-3,8,15H,4-7H2,1H3. The lowest BCUT2D eigenvalue weighted by Crippen LogP contribution is -2.33. The van der Waals surface area contributed by atoms with Gasteiger partial charge in [0.05, 0.1) is 38.2 Å². The van der Waals surface area contributed by atoms with Crippen molar-refractivity contribution >= 4 is 17.4 Å². The van der Waals surface area contributed by atoms with Crippen LogP contribution in [0.4, 0.5) is 5.69 Å². The second kappa shape index (κ2) is 5.81. The van der Waals surface area contributed by atoms with Crippen molar-refractivity contribution in [1.29, 1.82) is 0 Å². The third-order valence-corrected chi connectivity index (χ3v) is 2.87. The molecule has 1 heterocycles. The summed E-state index contributed by atoms with van der Waals surface area (Å²) >= 11 is 0. The van der Waals surface area contributed by atoms with Crippen LogP contribution < -0.4 is 9.64 Å². The van der Waals surface area contributed by atoms with Crippen LogP contribution in [0.15, 0.2) is 18.2 Å². The number of hydrogen-bond donors (Lipinski definition) is 1. The molecule has 0 aliphatic carbocycles. The van der Waals surface area contributed by atoms with Gasteiger partial charge in [-0.25, -0.2) is 0 Å². The van der Waals surface area contributed by atoms with Crippen molar-refractivity contribution in [1.82, 2.24) is 0 Å². The van der Waals surface area contributed by atoms with Gasteiger partial charge in [-0.2, -0.15) is 0 Å². The van der Waals surface area contributed by atoms with Crippen LogP contribution in [0.1, 0.15) is 10.4 Å². The SMILES string of the molecule is COc1ccc2c(c1)N(CCOCCO)C(=O)C2=O. The maximum atomic E-state index is 11.9. The van der Waals surface area contributed by atoms with E-state index in [4.69, 9.17) is 14.6 Å². The van der Waals surface area contributed by atoms with Gasteiger partial charge in [0, 0.05) is 12.6 Å². The molecule has 0 radical (unpaired) electrons. The van der Waals surface area contributed by atoms with Gasteiger partial charge in [-0.1, -0.05) is 0 Å². The lowest BCUT2D eigenvalue weighted by atomic mass is 10.1. The molecule has 1 amide bonds. The zero-order valence-corrected chi connectivity index (χ0v) is 10.6. The molecule has 102 valence electrons. The first-order chi connectivity index (χ1) is 9.19. The fourth-order valence-corrected chi connectivity index (χ4v) is 1.95. The number of fused-ring (bicyclic) bond motifs is 1. The van der Waals surface area contributed by atoms with Crippen molar-refractivity contribution in [3.8, 4) is 5.75 Å². The number of Topliss-reactive ketones (excluding diaryl/α,β-unsaturated/α-hetero) is 1. The summed E-state index contributed by atoms with van der Waals surface area (Å²) < 4.78 is 10.2. The maximum absolute atomic E-state index is 11.9. The number of carbonyl (C=O) groups excluding carboxylic acids is 2. The highest BCUT2D eigenvalue weighted by atomic mass is 16.5. The first-order valence-corrected chi connectivity index (χ1v) is 5.92. The van der Waals surface area contributed by atoms with Crippen LogP contribution in [-0.2, 0) is 9.53 Å². The number of hydrogen-bond acceptors (Lipinski definition) is 5. The average Bonchev–Trinajstić information content (AvgIpc) is 2.67. The van der Waals surface area contributed by atoms with E-state index in [0.29, 0.717) is 17.0 Å². The van der Waals surface area contributed by atoms with Crippen LogP contribution in [0.25, 0.3) is 0 Å². The van der Waals surface area contributed by atoms with E-state index in [1.165, 1.54) is 12.0 Å². The highest BCUT2D eigenvalue weighted by molar-refractivity contribution is 6.52. The normalized spacial score (nSPS) is 13.9. The molecular weight excluding hydrogens is 250 g/mol. The molecule has 0 bridgehead atoms. The summed E-state index contributed by atoms with van der Waals surface area (Å²) in [6, 6.07) is 4.89. The molecule has 0 fully saturated rings. The summed E-state index contributed by atoms with van der Waals surface area (Å²) in [6.07, 6.45) is 0. The van der Waals surface area contributed by atoms with Crippen molar-refractivity contribution in [2.24, 2.45) is 0 Å². The summed E-state index contributed by atoms with van der Waals surface area (Å²) in [5, 5.41) is 8.60. The summed E-state index contributed by atoms with van der Waals surface area (Å²) in [4.78, 5) is 25.0. The Morgan fingerprint density at radius 3 is 2.74 bits per heavy atom. The van der Waals surface area contributed by atoms with Crippen LogP contribution >= 0.6 is 0 Å². The molecule has 0 saturated heterocycles. The quantitative estimate of drug-likeness (QED) is 0.588. The predicted octanol–water partition coefficient (Wildman–Crippen LogP) is 0.233. The topological polar surface area (TPSA) is 76.1 Å². The zero-order chi connectivity index (χ0) is 13.8. The third-order valence-electron chi connectivity index (χ3n) is 2.87. The Balaban J connectivity index is 2.17. The number of aliphatic hydroxyl groups is 1. The summed E-state index contributed by atoms with van der Waals surface area (Å²) in [7, 11) is 1.52. The van der Waals surface area contributed by atoms with Crippen molar-refractivity contribution in [2.75, 3.05) is 38.4 Å². The van der Waals surface area contributed by atoms with Crippen molar-refractivity contribution in [3.63, 3.8) is 0 Å². The Morgan fingerprint density at radius 1 is 1.26 bits per heavy atom. The number of rotatable bonds is 6. The minimum atomic E-state index is -0.559. The number of carbonyl (C=O) groups is 2. The molecule has 0 aromatic heterocycles. The number of anilines is 1. The Labute approximate surface area is 110 Å². The molecular formula is C13H15NO5. The number of amides is 1. The lowest BCUT2D eigenvalue weighted by molar-refractivity contribution is -0.114. The first kappa shape index (κ1) is 13.5. The van der Waals surface area contributed by atoms with Gasteiger partial charge >= 0.3 is 0 Å². The van der Waals surface area contributed by atoms with E-state index in [1.54, 1.807) is 18.2 Å². The molecule has 1 N–H and O–H groups in total. The molecule has 0 spiro atoms. The van der Waals surface area contributed by atoms with Gasteiger partial charge in [0.15, 0.2) is 0 Å². The summed E-state index contributed by atoms with van der Waals surface area (Å²) in [5.41, 5.74) is 0.926. The van der Waals surface area contributed by atoms with E-state index in [9.17, 15) is 9.59 Å². The van der Waals surface area contributed by atoms with E-state index in [-0.39, 0.29) is 26.4 Å². The van der Waals surface area contributed by atoms with Crippen molar-refractivity contribution < 1.29 is 24.2 Å². The van der Waals surface area contributed by atoms with Gasteiger partial charge in [0.1, 0.15) is 5.75 Å². The molecule has 19 heavy (non-hydrogen) atoms. The van der Waals surface area contributed by atoms with Gasteiger partial charge in [-0.15, -0.1) is 0 Å². The smallest absolute Gasteiger partial charge is 0.299 e. The van der Waals surface area contributed by atoms with E-state index in [2.05, 4.69) is 0 Å². The minimum Gasteiger partial charge on any atom is -0.497 e. The van der Waals surface area contributed by atoms with Gasteiger partial charge in [-0.05, 0) is 12.1 Å². The average molecular weight is 265 g/mol. The second-order valence-corrected chi connectivity index (χ2v) is 4.00. The van der Waals surface area contributed by atoms with Crippen LogP contribution in [0.5, 0.6) is 5.75 Å². The van der Waals surface area contributed by atoms with Crippen LogP contribution in [0.3, 0.4) is 0 Å². The summed E-state index contributed by atoms with van der Waals surface area (Å²) in [6.45, 7) is 0.666. The molecule has 6 heteroatoms. The number of nitrogens with zero attached hydrogens (tertiary/aromatic N) is 1. The Morgan fingerprint density at radius 2 is 2.05 bits per heavy atom. The maximum Gasteiger partial charge on any atom is 0.299 e. The largest absolute Gasteiger partial charge is 0.497 e. The lowest BCUT2D eigenvalue weighted by Gasteiger charge is -2.16. The van der Waals surface area contributed by atoms with E-state index in [1.807, 2.05) is 0 Å². The predicted molar refractivity (Wildman–Crippen MR) is 67.6 cm³/mol. The fourth-order valence-electron chi connectivity index (χ4n) is 1.95. The minimum absolute atomic E-state index is 0.0721. The van der Waals surface area contributed by atoms with Crippen LogP contribution in [-0.4, -0.2) is 50.3 Å². The Kier molecular flexibility index (Phi) is 4.13. The van der Waals surface area contributed by atoms with Crippen LogP contribution in [0.2, 0.25) is 0 Å². The highest BCUT2D eigenvalue weighted by Crippen LogP contribution is 2.32. The third kappa shape index (κ3) is 2.59. The van der Waals surface area contributed by atoms with Gasteiger partial charge in [0.25, 0.3) is 11.7 Å². The van der Waals surface area contributed by atoms with Gasteiger partial charge in [0.2, 0.25) is 0 Å². The Hall–Kier alpha value is -1.92. The van der Waals surface area contributed by atoms with E-state index in [0.717, 1.165) is 0 Å². The number of ether oxygens (including phenoxy) is 2. The first-order valence-electron chi connectivity index (χ1n) is 5.92. The van der Waals surface area contributed by atoms with Crippen molar-refractivity contribution in [2.45, 2.75) is 0 Å². The number of aliphatic hydroxyl groups excluding tert-OH is 1. The van der Waals surface area contributed by atoms with Crippen LogP contribution in [0, 0.1) is 0 Å². The number of benzene rings is 1. The second-order valence-electron chi connectivity index (χ2n) is 4.00. The van der Waals surface area contributed by atoms with Crippen molar-refractivity contribution in [3.05, 3.63) is 23.8 Å². The monoisotopic (exact) mass is 265 g/mol. The molecule has 1 aliphatic rings. The van der Waals surface area contributed by atoms with Gasteiger partial charge in [-0.3, -0.25) is 9.59 Å². The highest BCUT2D eigenvalue weighted by Gasteiger charge is 2.35. The molecule has 0 unspecified atom stereocenters. The fraction of sp³-hybridized carbons (Fsp3) is 0.385. The molecule has 1 aromatic carbocycles. The molecule has 2 rings (SSSR count). The van der Waals surface area contributed by atoms with E-state index >= 15 is 0 Å². The number of methoxy groups -OCH3 is 1. The molecule has 0 saturated carbocycles. The molecule has 0 atom stereocenters. The molecule has 6 nitrogen and oxygen atoms in total. The van der Waals surface area contributed by atoms with Gasteiger partial charge < -0.3 is 19.5 Å². The number of ketones is 1. The zero-order valence-electron chi connectivity index (χ0n) is 10.6. The Bertz CT molecular complexity index is 500. The molecule has 1 aromatic rings.